The van der Waals surface area contributed by atoms with Gasteiger partial charge in [-0.1, -0.05) is 0 Å². The largest absolute Gasteiger partial charge is 0.497 e. The summed E-state index contributed by atoms with van der Waals surface area (Å²) < 4.78 is 56.0. The first kappa shape index (κ1) is 21.9. The molecule has 10 heteroatoms. The Labute approximate surface area is 183 Å². The quantitative estimate of drug-likeness (QED) is 0.715. The van der Waals surface area contributed by atoms with Gasteiger partial charge < -0.3 is 24.0 Å². The second kappa shape index (κ2) is 8.70. The Kier molecular flexibility index (Phi) is 5.96. The Morgan fingerprint density at radius 2 is 1.81 bits per heavy atom. The molecular formula is C22H22F3N3O4. The maximum atomic E-state index is 13.3. The smallest absolute Gasteiger partial charge is 0.416 e. The number of alkyl halides is 3. The average molecular weight is 449 g/mol. The van der Waals surface area contributed by atoms with E-state index in [-0.39, 0.29) is 24.0 Å². The predicted octanol–water partition coefficient (Wildman–Crippen LogP) is 3.69. The molecule has 0 spiro atoms. The summed E-state index contributed by atoms with van der Waals surface area (Å²) >= 11 is 0. The van der Waals surface area contributed by atoms with E-state index < -0.39 is 11.7 Å². The molecule has 0 aromatic heterocycles. The van der Waals surface area contributed by atoms with Gasteiger partial charge in [-0.25, -0.2) is 4.99 Å². The van der Waals surface area contributed by atoms with E-state index in [2.05, 4.69) is 4.99 Å². The second-order valence-electron chi connectivity index (χ2n) is 7.38. The van der Waals surface area contributed by atoms with Crippen molar-refractivity contribution in [3.8, 4) is 17.2 Å². The van der Waals surface area contributed by atoms with Crippen molar-refractivity contribution in [2.75, 3.05) is 47.0 Å². The number of aliphatic imine (C=N–C) groups is 1. The lowest BCUT2D eigenvalue weighted by Gasteiger charge is -2.36. The Bertz CT molecular complexity index is 1050. The fraction of sp³-hybridized carbons (Fsp3) is 0.364. The predicted molar refractivity (Wildman–Crippen MR) is 111 cm³/mol. The molecule has 0 aliphatic carbocycles. The highest BCUT2D eigenvalue weighted by Crippen LogP contribution is 2.42. The number of carbonyl (C=O) groups is 1. The molecular weight excluding hydrogens is 427 g/mol. The third-order valence-electron chi connectivity index (χ3n) is 5.36. The Balaban J connectivity index is 1.72. The number of fused-ring (bicyclic) bond motifs is 2. The van der Waals surface area contributed by atoms with E-state index in [0.29, 0.717) is 49.1 Å². The molecule has 32 heavy (non-hydrogen) atoms. The van der Waals surface area contributed by atoms with Crippen molar-refractivity contribution >= 4 is 17.4 Å². The summed E-state index contributed by atoms with van der Waals surface area (Å²) in [5.41, 5.74) is -0.0865. The summed E-state index contributed by atoms with van der Waals surface area (Å²) in [5, 5.41) is 0. The molecule has 2 aliphatic heterocycles. The highest BCUT2D eigenvalue weighted by atomic mass is 19.4. The summed E-state index contributed by atoms with van der Waals surface area (Å²) in [4.78, 5) is 20.3. The van der Waals surface area contributed by atoms with Gasteiger partial charge in [-0.05, 0) is 30.3 Å². The molecule has 2 heterocycles. The molecule has 2 aliphatic rings. The number of ether oxygens (including phenoxy) is 3. The van der Waals surface area contributed by atoms with Crippen molar-refractivity contribution in [2.24, 2.45) is 4.99 Å². The summed E-state index contributed by atoms with van der Waals surface area (Å²) in [5.74, 6) is 1.58. The highest BCUT2D eigenvalue weighted by molar-refractivity contribution is 6.04. The molecule has 2 aromatic carbocycles. The van der Waals surface area contributed by atoms with E-state index >= 15 is 0 Å². The minimum absolute atomic E-state index is 0.00497. The van der Waals surface area contributed by atoms with Crippen molar-refractivity contribution in [1.82, 2.24) is 9.80 Å². The molecule has 1 amide bonds. The number of benzene rings is 2. The van der Waals surface area contributed by atoms with Gasteiger partial charge in [0.1, 0.15) is 29.6 Å². The first-order valence-corrected chi connectivity index (χ1v) is 9.98. The molecule has 0 bridgehead atoms. The molecule has 1 saturated heterocycles. The molecule has 7 nitrogen and oxygen atoms in total. The highest BCUT2D eigenvalue weighted by Gasteiger charge is 2.33. The monoisotopic (exact) mass is 449 g/mol. The van der Waals surface area contributed by atoms with Crippen LogP contribution in [0.2, 0.25) is 0 Å². The third-order valence-corrected chi connectivity index (χ3v) is 5.36. The SMILES string of the molecule is COCC(=O)N1CCN(C2=Nc3cc(C(F)(F)F)ccc3Oc3cc(OC)ccc32)CC1. The number of carbonyl (C=O) groups excluding carboxylic acids is 1. The molecule has 170 valence electrons. The lowest BCUT2D eigenvalue weighted by atomic mass is 10.1. The first-order valence-electron chi connectivity index (χ1n) is 9.98. The number of hydrogen-bond donors (Lipinski definition) is 0. The normalized spacial score (nSPS) is 15.8. The number of methoxy groups -OCH3 is 2. The van der Waals surface area contributed by atoms with Crippen LogP contribution in [-0.4, -0.2) is 68.5 Å². The first-order chi connectivity index (χ1) is 15.3. The van der Waals surface area contributed by atoms with Crippen LogP contribution in [-0.2, 0) is 15.7 Å². The van der Waals surface area contributed by atoms with Gasteiger partial charge in [0.25, 0.3) is 0 Å². The maximum absolute atomic E-state index is 13.3. The number of piperazine rings is 1. The fourth-order valence-electron chi connectivity index (χ4n) is 3.68. The van der Waals surface area contributed by atoms with Crippen LogP contribution in [0.1, 0.15) is 11.1 Å². The van der Waals surface area contributed by atoms with Gasteiger partial charge in [0.15, 0.2) is 5.75 Å². The van der Waals surface area contributed by atoms with Gasteiger partial charge in [0.2, 0.25) is 5.91 Å². The van der Waals surface area contributed by atoms with E-state index in [0.717, 1.165) is 12.1 Å². The van der Waals surface area contributed by atoms with Crippen LogP contribution in [0.25, 0.3) is 0 Å². The minimum Gasteiger partial charge on any atom is -0.497 e. The Morgan fingerprint density at radius 3 is 2.47 bits per heavy atom. The summed E-state index contributed by atoms with van der Waals surface area (Å²) in [6.07, 6.45) is -4.50. The number of amides is 1. The van der Waals surface area contributed by atoms with E-state index in [1.807, 2.05) is 4.90 Å². The molecule has 0 atom stereocenters. The zero-order valence-electron chi connectivity index (χ0n) is 17.6. The molecule has 2 aromatic rings. The third kappa shape index (κ3) is 4.36. The van der Waals surface area contributed by atoms with E-state index in [1.165, 1.54) is 20.3 Å². The summed E-state index contributed by atoms with van der Waals surface area (Å²) in [6.45, 7) is 1.83. The van der Waals surface area contributed by atoms with Crippen LogP contribution in [0, 0.1) is 0 Å². The zero-order valence-corrected chi connectivity index (χ0v) is 17.6. The van der Waals surface area contributed by atoms with Gasteiger partial charge in [0.05, 0.1) is 18.2 Å². The van der Waals surface area contributed by atoms with Crippen molar-refractivity contribution < 1.29 is 32.2 Å². The number of hydrogen-bond acceptors (Lipinski definition) is 6. The fourth-order valence-corrected chi connectivity index (χ4v) is 3.68. The number of rotatable bonds is 3. The second-order valence-corrected chi connectivity index (χ2v) is 7.38. The number of halogens is 3. The van der Waals surface area contributed by atoms with Crippen LogP contribution < -0.4 is 9.47 Å². The van der Waals surface area contributed by atoms with Crippen LogP contribution >= 0.6 is 0 Å². The van der Waals surface area contributed by atoms with Crippen LogP contribution in [0.4, 0.5) is 18.9 Å². The van der Waals surface area contributed by atoms with Gasteiger partial charge in [-0.15, -0.1) is 0 Å². The number of amidine groups is 1. The van der Waals surface area contributed by atoms with Crippen molar-refractivity contribution in [3.63, 3.8) is 0 Å². The number of nitrogens with zero attached hydrogens (tertiary/aromatic N) is 3. The van der Waals surface area contributed by atoms with Gasteiger partial charge >= 0.3 is 6.18 Å². The van der Waals surface area contributed by atoms with Gasteiger partial charge in [-0.3, -0.25) is 4.79 Å². The Morgan fingerprint density at radius 1 is 1.06 bits per heavy atom. The molecule has 0 saturated carbocycles. The molecule has 0 N–H and O–H groups in total. The van der Waals surface area contributed by atoms with Gasteiger partial charge in [-0.2, -0.15) is 13.2 Å². The van der Waals surface area contributed by atoms with E-state index in [1.54, 1.807) is 23.1 Å². The van der Waals surface area contributed by atoms with E-state index in [4.69, 9.17) is 14.2 Å². The van der Waals surface area contributed by atoms with Crippen LogP contribution in [0.3, 0.4) is 0 Å². The molecule has 0 radical (unpaired) electrons. The van der Waals surface area contributed by atoms with Crippen LogP contribution in [0.5, 0.6) is 17.2 Å². The topological polar surface area (TPSA) is 63.6 Å². The van der Waals surface area contributed by atoms with Crippen molar-refractivity contribution in [3.05, 3.63) is 47.5 Å². The lowest BCUT2D eigenvalue weighted by Crippen LogP contribution is -2.51. The maximum Gasteiger partial charge on any atom is 0.416 e. The van der Waals surface area contributed by atoms with Gasteiger partial charge in [0, 0.05) is 39.4 Å². The minimum atomic E-state index is -4.50. The molecule has 0 unspecified atom stereocenters. The summed E-state index contributed by atoms with van der Waals surface area (Å²) in [6, 6.07) is 8.42. The summed E-state index contributed by atoms with van der Waals surface area (Å²) in [7, 11) is 2.99. The van der Waals surface area contributed by atoms with Crippen molar-refractivity contribution in [1.29, 1.82) is 0 Å². The Hall–Kier alpha value is -3.27. The zero-order chi connectivity index (χ0) is 22.9. The average Bonchev–Trinajstić information content (AvgIpc) is 2.94. The van der Waals surface area contributed by atoms with Crippen LogP contribution in [0.15, 0.2) is 41.4 Å². The van der Waals surface area contributed by atoms with E-state index in [9.17, 15) is 18.0 Å². The molecule has 1 fully saturated rings. The lowest BCUT2D eigenvalue weighted by molar-refractivity contribution is -0.137. The standard InChI is InChI=1S/C22H22F3N3O4/c1-30-13-20(29)27-7-9-28(10-8-27)21-16-5-4-15(31-2)12-19(16)32-18-6-3-14(22(23,24)25)11-17(18)26-21/h3-6,11-12H,7-10,13H2,1-2H3. The van der Waals surface area contributed by atoms with Crippen molar-refractivity contribution in [2.45, 2.75) is 6.18 Å². The molecule has 4 rings (SSSR count).